The van der Waals surface area contributed by atoms with Crippen molar-refractivity contribution in [2.75, 3.05) is 7.05 Å². The first-order valence-corrected chi connectivity index (χ1v) is 6.88. The van der Waals surface area contributed by atoms with Crippen LogP contribution >= 0.6 is 0 Å². The molecule has 0 fully saturated rings. The van der Waals surface area contributed by atoms with Crippen molar-refractivity contribution in [2.24, 2.45) is 18.7 Å². The molecule has 2 N–H and O–H groups in total. The fourth-order valence-corrected chi connectivity index (χ4v) is 2.15. The van der Waals surface area contributed by atoms with E-state index in [0.29, 0.717) is 6.54 Å². The number of hydrogen-bond acceptors (Lipinski definition) is 3. The predicted octanol–water partition coefficient (Wildman–Crippen LogP) is 1.53. The number of carbonyl (C=O) groups is 1. The maximum absolute atomic E-state index is 12.2. The van der Waals surface area contributed by atoms with Gasteiger partial charge < -0.3 is 10.6 Å². The molecule has 0 saturated heterocycles. The first kappa shape index (κ1) is 15.7. The highest BCUT2D eigenvalue weighted by Crippen LogP contribution is 2.13. The summed E-state index contributed by atoms with van der Waals surface area (Å²) in [5, 5.41) is 4.11. The molecule has 0 radical (unpaired) electrons. The van der Waals surface area contributed by atoms with Crippen LogP contribution in [0.15, 0.2) is 12.4 Å². The highest BCUT2D eigenvalue weighted by atomic mass is 16.2. The van der Waals surface area contributed by atoms with Crippen LogP contribution in [0.4, 0.5) is 0 Å². The largest absolute Gasteiger partial charge is 0.341 e. The average molecular weight is 266 g/mol. The van der Waals surface area contributed by atoms with Gasteiger partial charge in [0.05, 0.1) is 6.20 Å². The van der Waals surface area contributed by atoms with Crippen molar-refractivity contribution >= 4 is 5.91 Å². The first-order chi connectivity index (χ1) is 8.90. The quantitative estimate of drug-likeness (QED) is 0.814. The Balaban J connectivity index is 2.38. The van der Waals surface area contributed by atoms with E-state index in [1.165, 1.54) is 0 Å². The van der Waals surface area contributed by atoms with Crippen molar-refractivity contribution in [3.8, 4) is 0 Å². The molecule has 0 bridgehead atoms. The van der Waals surface area contributed by atoms with Crippen molar-refractivity contribution in [3.63, 3.8) is 0 Å². The third kappa shape index (κ3) is 5.42. The van der Waals surface area contributed by atoms with E-state index in [1.807, 2.05) is 34.1 Å². The molecule has 0 aliphatic heterocycles. The summed E-state index contributed by atoms with van der Waals surface area (Å²) in [4.78, 5) is 14.0. The van der Waals surface area contributed by atoms with Gasteiger partial charge in [0.15, 0.2) is 0 Å². The van der Waals surface area contributed by atoms with Gasteiger partial charge in [0.1, 0.15) is 0 Å². The Morgan fingerprint density at radius 3 is 2.68 bits per heavy atom. The van der Waals surface area contributed by atoms with Crippen LogP contribution in [0, 0.1) is 5.92 Å². The summed E-state index contributed by atoms with van der Waals surface area (Å²) in [5.41, 5.74) is 6.77. The zero-order valence-electron chi connectivity index (χ0n) is 12.5. The Kier molecular flexibility index (Phi) is 6.02. The minimum atomic E-state index is 0.0559. The van der Waals surface area contributed by atoms with Gasteiger partial charge >= 0.3 is 0 Å². The SMILES string of the molecule is CC(N)CCCC(C)C(=O)N(C)Cc1cnn(C)c1. The lowest BCUT2D eigenvalue weighted by Crippen LogP contribution is -2.31. The molecule has 1 amide bonds. The lowest BCUT2D eigenvalue weighted by Gasteiger charge is -2.21. The number of nitrogens with zero attached hydrogens (tertiary/aromatic N) is 3. The highest BCUT2D eigenvalue weighted by Gasteiger charge is 2.17. The molecule has 0 aromatic carbocycles. The van der Waals surface area contributed by atoms with E-state index in [1.54, 1.807) is 15.8 Å². The second kappa shape index (κ2) is 7.28. The molecule has 1 rings (SSSR count). The van der Waals surface area contributed by atoms with Crippen LogP contribution in [0.5, 0.6) is 0 Å². The summed E-state index contributed by atoms with van der Waals surface area (Å²) in [7, 11) is 3.72. The van der Waals surface area contributed by atoms with E-state index >= 15 is 0 Å². The second-order valence-electron chi connectivity index (χ2n) is 5.53. The van der Waals surface area contributed by atoms with E-state index in [4.69, 9.17) is 5.73 Å². The van der Waals surface area contributed by atoms with Crippen LogP contribution in [-0.2, 0) is 18.4 Å². The average Bonchev–Trinajstić information content (AvgIpc) is 2.73. The van der Waals surface area contributed by atoms with Gasteiger partial charge in [0, 0.05) is 44.4 Å². The van der Waals surface area contributed by atoms with E-state index in [2.05, 4.69) is 5.10 Å². The van der Waals surface area contributed by atoms with Gasteiger partial charge in [0.2, 0.25) is 5.91 Å². The molecule has 19 heavy (non-hydrogen) atoms. The minimum Gasteiger partial charge on any atom is -0.341 e. The maximum atomic E-state index is 12.2. The molecule has 2 atom stereocenters. The smallest absolute Gasteiger partial charge is 0.225 e. The van der Waals surface area contributed by atoms with E-state index in [9.17, 15) is 4.79 Å². The Bertz CT molecular complexity index is 400. The van der Waals surface area contributed by atoms with Crippen molar-refractivity contribution in [1.82, 2.24) is 14.7 Å². The summed E-state index contributed by atoms with van der Waals surface area (Å²) >= 11 is 0. The summed E-state index contributed by atoms with van der Waals surface area (Å²) in [6.07, 6.45) is 6.61. The number of aryl methyl sites for hydroxylation is 1. The number of amides is 1. The maximum Gasteiger partial charge on any atom is 0.225 e. The van der Waals surface area contributed by atoms with Crippen molar-refractivity contribution < 1.29 is 4.79 Å². The zero-order valence-corrected chi connectivity index (χ0v) is 12.5. The number of aromatic nitrogens is 2. The third-order valence-corrected chi connectivity index (χ3v) is 3.27. The van der Waals surface area contributed by atoms with Crippen LogP contribution < -0.4 is 5.73 Å². The van der Waals surface area contributed by atoms with Crippen LogP contribution in [-0.4, -0.2) is 33.7 Å². The molecule has 5 nitrogen and oxygen atoms in total. The van der Waals surface area contributed by atoms with Crippen molar-refractivity contribution in [1.29, 1.82) is 0 Å². The topological polar surface area (TPSA) is 64.2 Å². The van der Waals surface area contributed by atoms with Crippen LogP contribution in [0.2, 0.25) is 0 Å². The molecule has 0 spiro atoms. The molecule has 108 valence electrons. The third-order valence-electron chi connectivity index (χ3n) is 3.27. The van der Waals surface area contributed by atoms with E-state index in [-0.39, 0.29) is 17.9 Å². The Hall–Kier alpha value is -1.36. The molecular formula is C14H26N4O. The lowest BCUT2D eigenvalue weighted by atomic mass is 10.0. The second-order valence-corrected chi connectivity index (χ2v) is 5.53. The molecule has 5 heteroatoms. The van der Waals surface area contributed by atoms with Gasteiger partial charge in [-0.15, -0.1) is 0 Å². The van der Waals surface area contributed by atoms with Crippen LogP contribution in [0.25, 0.3) is 0 Å². The summed E-state index contributed by atoms with van der Waals surface area (Å²) in [6, 6.07) is 0.218. The number of rotatable bonds is 7. The molecule has 1 aromatic heterocycles. The number of hydrogen-bond donors (Lipinski definition) is 1. The number of nitrogens with two attached hydrogens (primary N) is 1. The number of carbonyl (C=O) groups excluding carboxylic acids is 1. The van der Waals surface area contributed by atoms with Crippen LogP contribution in [0.1, 0.15) is 38.7 Å². The zero-order chi connectivity index (χ0) is 14.4. The fourth-order valence-electron chi connectivity index (χ4n) is 2.15. The Labute approximate surface area is 115 Å². The van der Waals surface area contributed by atoms with Gasteiger partial charge in [-0.25, -0.2) is 0 Å². The Morgan fingerprint density at radius 2 is 2.16 bits per heavy atom. The monoisotopic (exact) mass is 266 g/mol. The van der Waals surface area contributed by atoms with E-state index in [0.717, 1.165) is 24.8 Å². The highest BCUT2D eigenvalue weighted by molar-refractivity contribution is 5.78. The van der Waals surface area contributed by atoms with Crippen molar-refractivity contribution in [3.05, 3.63) is 18.0 Å². The van der Waals surface area contributed by atoms with Crippen molar-refractivity contribution in [2.45, 2.75) is 45.7 Å². The summed E-state index contributed by atoms with van der Waals surface area (Å²) in [6.45, 7) is 4.61. The fraction of sp³-hybridized carbons (Fsp3) is 0.714. The molecule has 1 aromatic rings. The molecule has 1 heterocycles. The molecular weight excluding hydrogens is 240 g/mol. The van der Waals surface area contributed by atoms with Gasteiger partial charge in [-0.2, -0.15) is 5.10 Å². The first-order valence-electron chi connectivity index (χ1n) is 6.88. The van der Waals surface area contributed by atoms with Gasteiger partial charge in [-0.3, -0.25) is 9.48 Å². The molecule has 0 saturated carbocycles. The lowest BCUT2D eigenvalue weighted by molar-refractivity contribution is -0.134. The standard InChI is InChI=1S/C14H26N4O/c1-11(6-5-7-12(2)15)14(19)17(3)9-13-8-16-18(4)10-13/h8,10-12H,5-7,9,15H2,1-4H3. The molecule has 0 aliphatic rings. The molecule has 2 unspecified atom stereocenters. The molecule has 0 aliphatic carbocycles. The Morgan fingerprint density at radius 1 is 1.47 bits per heavy atom. The summed E-state index contributed by atoms with van der Waals surface area (Å²) in [5.74, 6) is 0.244. The predicted molar refractivity (Wildman–Crippen MR) is 76.3 cm³/mol. The van der Waals surface area contributed by atoms with Gasteiger partial charge in [0.25, 0.3) is 0 Å². The minimum absolute atomic E-state index is 0.0559. The summed E-state index contributed by atoms with van der Waals surface area (Å²) < 4.78 is 1.75. The normalized spacial score (nSPS) is 14.2. The van der Waals surface area contributed by atoms with Crippen LogP contribution in [0.3, 0.4) is 0 Å². The van der Waals surface area contributed by atoms with E-state index < -0.39 is 0 Å². The van der Waals surface area contributed by atoms with Gasteiger partial charge in [-0.1, -0.05) is 13.3 Å². The van der Waals surface area contributed by atoms with Gasteiger partial charge in [-0.05, 0) is 19.8 Å².